The van der Waals surface area contributed by atoms with Crippen LogP contribution in [0.2, 0.25) is 5.02 Å². The number of carbonyl (C=O) groups is 1. The summed E-state index contributed by atoms with van der Waals surface area (Å²) in [5.74, 6) is 0.468. The Kier molecular flexibility index (Phi) is 7.01. The number of hydrogen-bond donors (Lipinski definition) is 1. The highest BCUT2D eigenvalue weighted by Crippen LogP contribution is 2.21. The Hall–Kier alpha value is -2.34. The first-order valence-electron chi connectivity index (χ1n) is 7.63. The number of hydrogen-bond acceptors (Lipinski definition) is 3. The molecule has 1 N–H and O–H groups in total. The van der Waals surface area contributed by atoms with Gasteiger partial charge in [0, 0.05) is 11.6 Å². The second-order valence-corrected chi connectivity index (χ2v) is 5.76. The van der Waals surface area contributed by atoms with E-state index >= 15 is 0 Å². The number of amides is 1. The molecule has 4 nitrogen and oxygen atoms in total. The molecule has 2 rings (SSSR count). The fourth-order valence-corrected chi connectivity index (χ4v) is 2.38. The highest BCUT2D eigenvalue weighted by Gasteiger charge is 2.06. The van der Waals surface area contributed by atoms with E-state index in [9.17, 15) is 13.6 Å². The second-order valence-electron chi connectivity index (χ2n) is 5.32. The number of carbonyl (C=O) groups excluding carboxylic acids is 1. The molecule has 0 saturated carbocycles. The first kappa shape index (κ1) is 19.0. The van der Waals surface area contributed by atoms with Crippen molar-refractivity contribution in [3.8, 4) is 11.5 Å². The van der Waals surface area contributed by atoms with E-state index in [0.29, 0.717) is 23.7 Å². The van der Waals surface area contributed by atoms with Crippen molar-refractivity contribution in [2.24, 2.45) is 0 Å². The van der Waals surface area contributed by atoms with Crippen molar-refractivity contribution in [1.29, 1.82) is 0 Å². The van der Waals surface area contributed by atoms with Gasteiger partial charge in [0.2, 0.25) is 0 Å². The smallest absolute Gasteiger partial charge is 0.387 e. The molecule has 0 radical (unpaired) electrons. The van der Waals surface area contributed by atoms with Crippen LogP contribution in [0.3, 0.4) is 0 Å². The molecule has 0 aromatic heterocycles. The molecule has 0 bridgehead atoms. The lowest BCUT2D eigenvalue weighted by molar-refractivity contribution is -0.123. The Morgan fingerprint density at radius 1 is 1.20 bits per heavy atom. The van der Waals surface area contributed by atoms with E-state index in [1.807, 2.05) is 6.92 Å². The number of benzene rings is 2. The minimum atomic E-state index is -2.84. The first-order valence-corrected chi connectivity index (χ1v) is 8.01. The third-order valence-corrected chi connectivity index (χ3v) is 3.62. The maximum absolute atomic E-state index is 12.1. The Bertz CT molecular complexity index is 708. The number of rotatable bonds is 8. The molecule has 2 aromatic carbocycles. The summed E-state index contributed by atoms with van der Waals surface area (Å²) in [5, 5.41) is 3.35. The molecule has 0 aliphatic rings. The summed E-state index contributed by atoms with van der Waals surface area (Å²) < 4.78 is 33.9. The minimum Gasteiger partial charge on any atom is -0.484 e. The molecule has 134 valence electrons. The van der Waals surface area contributed by atoms with Crippen LogP contribution in [0.5, 0.6) is 11.5 Å². The summed E-state index contributed by atoms with van der Waals surface area (Å²) in [5.41, 5.74) is 1.75. The fraction of sp³-hybridized carbons (Fsp3) is 0.278. The van der Waals surface area contributed by atoms with Gasteiger partial charge in [0.1, 0.15) is 11.5 Å². The summed E-state index contributed by atoms with van der Waals surface area (Å²) in [6.45, 7) is -0.671. The molecular formula is C18H18ClF2NO3. The van der Waals surface area contributed by atoms with Gasteiger partial charge in [0.15, 0.2) is 6.61 Å². The van der Waals surface area contributed by atoms with Crippen LogP contribution in [-0.2, 0) is 11.2 Å². The Morgan fingerprint density at radius 2 is 1.92 bits per heavy atom. The monoisotopic (exact) mass is 369 g/mol. The van der Waals surface area contributed by atoms with Gasteiger partial charge < -0.3 is 14.8 Å². The summed E-state index contributed by atoms with van der Waals surface area (Å²) in [7, 11) is 0. The van der Waals surface area contributed by atoms with E-state index in [1.165, 1.54) is 12.1 Å². The standard InChI is InChI=1S/C18H18ClF2NO3/c1-12-10-14(19)4-7-16(12)24-11-17(23)22-9-8-13-2-5-15(6-3-13)25-18(20)21/h2-7,10,18H,8-9,11H2,1H3,(H,22,23). The van der Waals surface area contributed by atoms with Crippen molar-refractivity contribution in [2.75, 3.05) is 13.2 Å². The molecule has 0 fully saturated rings. The predicted molar refractivity (Wildman–Crippen MR) is 91.5 cm³/mol. The molecule has 1 amide bonds. The molecule has 2 aromatic rings. The van der Waals surface area contributed by atoms with Gasteiger partial charge in [0.05, 0.1) is 0 Å². The van der Waals surface area contributed by atoms with Crippen LogP contribution in [0, 0.1) is 6.92 Å². The highest BCUT2D eigenvalue weighted by atomic mass is 35.5. The van der Waals surface area contributed by atoms with E-state index in [1.54, 1.807) is 30.3 Å². The van der Waals surface area contributed by atoms with Gasteiger partial charge in [-0.15, -0.1) is 0 Å². The molecular weight excluding hydrogens is 352 g/mol. The van der Waals surface area contributed by atoms with E-state index in [2.05, 4.69) is 10.1 Å². The van der Waals surface area contributed by atoms with Crippen LogP contribution >= 0.6 is 11.6 Å². The number of aryl methyl sites for hydroxylation is 1. The highest BCUT2D eigenvalue weighted by molar-refractivity contribution is 6.30. The van der Waals surface area contributed by atoms with Crippen molar-refractivity contribution in [1.82, 2.24) is 5.32 Å². The van der Waals surface area contributed by atoms with Gasteiger partial charge in [-0.1, -0.05) is 23.7 Å². The second kappa shape index (κ2) is 9.22. The van der Waals surface area contributed by atoms with Crippen LogP contribution in [0.25, 0.3) is 0 Å². The summed E-state index contributed by atoms with van der Waals surface area (Å²) in [6, 6.07) is 11.5. The molecule has 0 heterocycles. The van der Waals surface area contributed by atoms with E-state index in [4.69, 9.17) is 16.3 Å². The zero-order chi connectivity index (χ0) is 18.2. The van der Waals surface area contributed by atoms with Gasteiger partial charge in [-0.2, -0.15) is 8.78 Å². The summed E-state index contributed by atoms with van der Waals surface area (Å²) >= 11 is 5.86. The van der Waals surface area contributed by atoms with E-state index in [-0.39, 0.29) is 18.3 Å². The third kappa shape index (κ3) is 6.58. The average Bonchev–Trinajstić information content (AvgIpc) is 2.55. The van der Waals surface area contributed by atoms with Crippen LogP contribution in [0.1, 0.15) is 11.1 Å². The van der Waals surface area contributed by atoms with Gasteiger partial charge in [-0.25, -0.2) is 0 Å². The van der Waals surface area contributed by atoms with Crippen molar-refractivity contribution in [3.05, 3.63) is 58.6 Å². The number of ether oxygens (including phenoxy) is 2. The average molecular weight is 370 g/mol. The maximum atomic E-state index is 12.1. The summed E-state index contributed by atoms with van der Waals surface area (Å²) in [6.07, 6.45) is 0.570. The zero-order valence-electron chi connectivity index (χ0n) is 13.6. The predicted octanol–water partition coefficient (Wildman–Crippen LogP) is 3.99. The SMILES string of the molecule is Cc1cc(Cl)ccc1OCC(=O)NCCc1ccc(OC(F)F)cc1. The van der Waals surface area contributed by atoms with E-state index < -0.39 is 6.61 Å². The molecule has 0 unspecified atom stereocenters. The largest absolute Gasteiger partial charge is 0.484 e. The lowest BCUT2D eigenvalue weighted by Gasteiger charge is -2.10. The first-order chi connectivity index (χ1) is 11.9. The molecule has 0 aliphatic heterocycles. The molecule has 7 heteroatoms. The number of halogens is 3. The molecule has 25 heavy (non-hydrogen) atoms. The Balaban J connectivity index is 1.71. The van der Waals surface area contributed by atoms with E-state index in [0.717, 1.165) is 11.1 Å². The molecule has 0 spiro atoms. The van der Waals surface area contributed by atoms with Crippen LogP contribution in [0.4, 0.5) is 8.78 Å². The molecule has 0 aliphatic carbocycles. The molecule has 0 saturated heterocycles. The Labute approximate surface area is 149 Å². The van der Waals surface area contributed by atoms with Gasteiger partial charge in [0.25, 0.3) is 5.91 Å². The van der Waals surface area contributed by atoms with Gasteiger partial charge >= 0.3 is 6.61 Å². The van der Waals surface area contributed by atoms with Gasteiger partial charge in [-0.05, 0) is 54.8 Å². The van der Waals surface area contributed by atoms with Crippen molar-refractivity contribution in [3.63, 3.8) is 0 Å². The normalized spacial score (nSPS) is 10.6. The quantitative estimate of drug-likeness (QED) is 0.765. The van der Waals surface area contributed by atoms with Gasteiger partial charge in [-0.3, -0.25) is 4.79 Å². The third-order valence-electron chi connectivity index (χ3n) is 3.38. The topological polar surface area (TPSA) is 47.6 Å². The zero-order valence-corrected chi connectivity index (χ0v) is 14.4. The maximum Gasteiger partial charge on any atom is 0.387 e. The number of alkyl halides is 2. The van der Waals surface area contributed by atoms with Crippen LogP contribution in [0.15, 0.2) is 42.5 Å². The van der Waals surface area contributed by atoms with Crippen LogP contribution in [-0.4, -0.2) is 25.7 Å². The summed E-state index contributed by atoms with van der Waals surface area (Å²) in [4.78, 5) is 11.8. The Morgan fingerprint density at radius 3 is 2.56 bits per heavy atom. The lowest BCUT2D eigenvalue weighted by atomic mass is 10.1. The van der Waals surface area contributed by atoms with Crippen molar-refractivity contribution < 1.29 is 23.0 Å². The fourth-order valence-electron chi connectivity index (χ4n) is 2.15. The van der Waals surface area contributed by atoms with Crippen LogP contribution < -0.4 is 14.8 Å². The minimum absolute atomic E-state index is 0.0936. The van der Waals surface area contributed by atoms with Crippen molar-refractivity contribution >= 4 is 17.5 Å². The molecule has 0 atom stereocenters. The lowest BCUT2D eigenvalue weighted by Crippen LogP contribution is -2.30. The number of nitrogens with one attached hydrogen (secondary N) is 1. The van der Waals surface area contributed by atoms with Crippen molar-refractivity contribution in [2.45, 2.75) is 20.0 Å².